The van der Waals surface area contributed by atoms with E-state index in [-0.39, 0.29) is 5.91 Å². The first-order chi connectivity index (χ1) is 18.1. The number of aryl methyl sites for hydroxylation is 2. The smallest absolute Gasteiger partial charge is 0.225 e. The number of hydrogen-bond donors (Lipinski definition) is 0. The van der Waals surface area contributed by atoms with Crippen LogP contribution in [-0.4, -0.2) is 45.8 Å². The summed E-state index contributed by atoms with van der Waals surface area (Å²) >= 11 is 0. The molecule has 1 aliphatic heterocycles. The first kappa shape index (κ1) is 24.9. The first-order valence-electron chi connectivity index (χ1n) is 13.1. The largest absolute Gasteiger partial charge is 0.497 e. The van der Waals surface area contributed by atoms with Gasteiger partial charge in [-0.3, -0.25) is 9.48 Å². The number of anilines is 1. The summed E-state index contributed by atoms with van der Waals surface area (Å²) < 4.78 is 12.9. The molecule has 3 aromatic heterocycles. The summed E-state index contributed by atoms with van der Waals surface area (Å²) in [5, 5.41) is 5.47. The molecular weight excluding hydrogens is 466 g/mol. The van der Waals surface area contributed by atoms with Gasteiger partial charge in [-0.15, -0.1) is 0 Å². The zero-order valence-corrected chi connectivity index (χ0v) is 21.7. The van der Waals surface area contributed by atoms with Gasteiger partial charge in [-0.25, -0.2) is 4.98 Å². The summed E-state index contributed by atoms with van der Waals surface area (Å²) in [5.74, 6) is 2.57. The van der Waals surface area contributed by atoms with Crippen molar-refractivity contribution >= 4 is 22.6 Å². The van der Waals surface area contributed by atoms with Crippen molar-refractivity contribution in [3.05, 3.63) is 71.9 Å². The molecule has 1 aliphatic rings. The van der Waals surface area contributed by atoms with Gasteiger partial charge in [0.15, 0.2) is 0 Å². The molecule has 1 aromatic carbocycles. The second kappa shape index (κ2) is 11.5. The number of nitrogens with zero attached hydrogens (tertiary/aromatic N) is 5. The van der Waals surface area contributed by atoms with Crippen LogP contribution in [0.4, 0.5) is 5.82 Å². The van der Waals surface area contributed by atoms with Gasteiger partial charge in [-0.2, -0.15) is 5.10 Å². The first-order valence-corrected chi connectivity index (χ1v) is 13.1. The molecule has 5 rings (SSSR count). The van der Waals surface area contributed by atoms with E-state index in [0.29, 0.717) is 26.1 Å². The van der Waals surface area contributed by atoms with Gasteiger partial charge in [0.05, 0.1) is 31.1 Å². The highest BCUT2D eigenvalue weighted by Crippen LogP contribution is 2.29. The van der Waals surface area contributed by atoms with Gasteiger partial charge in [0.25, 0.3) is 0 Å². The Morgan fingerprint density at radius 1 is 1.08 bits per heavy atom. The van der Waals surface area contributed by atoms with Gasteiger partial charge in [-0.1, -0.05) is 12.8 Å². The number of carbonyl (C=O) groups excluding carboxylic acids is 1. The lowest BCUT2D eigenvalue weighted by Gasteiger charge is -2.28. The fourth-order valence-corrected chi connectivity index (χ4v) is 4.96. The number of carbonyl (C=O) groups is 1. The Hall–Kier alpha value is -3.81. The standard InChI is InChI=1S/C29H35N5O3/c1-22-11-15-34(31-22)16-12-28(35)33(21-26-8-7-17-37-26)20-24-18-23-9-10-25(36-2)19-27(23)30-29(24)32-13-5-3-4-6-14-32/h7-11,15,17-19H,3-6,12-14,16,20-21H2,1-2H3. The lowest BCUT2D eigenvalue weighted by molar-refractivity contribution is -0.133. The molecule has 1 saturated heterocycles. The summed E-state index contributed by atoms with van der Waals surface area (Å²) in [6, 6.07) is 13.9. The second-order valence-electron chi connectivity index (χ2n) is 9.73. The van der Waals surface area contributed by atoms with Crippen LogP contribution >= 0.6 is 0 Å². The topological polar surface area (TPSA) is 76.6 Å². The summed E-state index contributed by atoms with van der Waals surface area (Å²) in [6.07, 6.45) is 8.70. The van der Waals surface area contributed by atoms with Crippen molar-refractivity contribution in [3.8, 4) is 5.75 Å². The van der Waals surface area contributed by atoms with E-state index < -0.39 is 0 Å². The molecule has 1 fully saturated rings. The maximum absolute atomic E-state index is 13.5. The van der Waals surface area contributed by atoms with Gasteiger partial charge in [-0.05, 0) is 56.2 Å². The molecule has 4 heterocycles. The minimum absolute atomic E-state index is 0.0567. The number of benzene rings is 1. The van der Waals surface area contributed by atoms with Crippen LogP contribution in [0.2, 0.25) is 0 Å². The SMILES string of the molecule is COc1ccc2cc(CN(Cc3ccco3)C(=O)CCn3ccc(C)n3)c(N3CCCCCC3)nc2c1. The number of rotatable bonds is 9. The van der Waals surface area contributed by atoms with E-state index in [2.05, 4.69) is 16.1 Å². The van der Waals surface area contributed by atoms with Crippen LogP contribution in [-0.2, 0) is 24.4 Å². The van der Waals surface area contributed by atoms with Gasteiger partial charge in [0.2, 0.25) is 5.91 Å². The molecule has 1 amide bonds. The van der Waals surface area contributed by atoms with E-state index in [1.807, 2.05) is 59.1 Å². The molecule has 0 bridgehead atoms. The zero-order chi connectivity index (χ0) is 25.6. The van der Waals surface area contributed by atoms with E-state index in [1.54, 1.807) is 13.4 Å². The van der Waals surface area contributed by atoms with E-state index >= 15 is 0 Å². The highest BCUT2D eigenvalue weighted by molar-refractivity contribution is 5.84. The highest BCUT2D eigenvalue weighted by Gasteiger charge is 2.22. The third-order valence-electron chi connectivity index (χ3n) is 6.96. The lowest BCUT2D eigenvalue weighted by Crippen LogP contribution is -2.33. The van der Waals surface area contributed by atoms with Crippen LogP contribution in [0.1, 0.15) is 49.1 Å². The molecule has 8 heteroatoms. The van der Waals surface area contributed by atoms with Crippen molar-refractivity contribution in [3.63, 3.8) is 0 Å². The molecule has 37 heavy (non-hydrogen) atoms. The normalized spacial score (nSPS) is 14.1. The molecule has 4 aromatic rings. The predicted octanol–water partition coefficient (Wildman–Crippen LogP) is 5.34. The average Bonchev–Trinajstić information content (AvgIpc) is 3.50. The molecule has 0 atom stereocenters. The third-order valence-corrected chi connectivity index (χ3v) is 6.96. The van der Waals surface area contributed by atoms with Gasteiger partial charge < -0.3 is 19.0 Å². The lowest BCUT2D eigenvalue weighted by atomic mass is 10.1. The molecular formula is C29H35N5O3. The number of pyridine rings is 1. The predicted molar refractivity (Wildman–Crippen MR) is 144 cm³/mol. The summed E-state index contributed by atoms with van der Waals surface area (Å²) in [4.78, 5) is 22.9. The Morgan fingerprint density at radius 3 is 2.62 bits per heavy atom. The summed E-state index contributed by atoms with van der Waals surface area (Å²) in [5.41, 5.74) is 2.90. The number of aromatic nitrogens is 3. The molecule has 0 spiro atoms. The molecule has 194 valence electrons. The molecule has 0 radical (unpaired) electrons. The quantitative estimate of drug-likeness (QED) is 0.308. The Bertz CT molecular complexity index is 1320. The van der Waals surface area contributed by atoms with Crippen molar-refractivity contribution in [2.75, 3.05) is 25.1 Å². The maximum Gasteiger partial charge on any atom is 0.225 e. The minimum Gasteiger partial charge on any atom is -0.497 e. The molecule has 0 unspecified atom stereocenters. The molecule has 0 N–H and O–H groups in total. The van der Waals surface area contributed by atoms with E-state index in [1.165, 1.54) is 12.8 Å². The molecule has 8 nitrogen and oxygen atoms in total. The Morgan fingerprint density at radius 2 is 1.92 bits per heavy atom. The van der Waals surface area contributed by atoms with Crippen LogP contribution in [0.15, 0.2) is 59.3 Å². The van der Waals surface area contributed by atoms with Gasteiger partial charge >= 0.3 is 0 Å². The van der Waals surface area contributed by atoms with Crippen molar-refractivity contribution in [1.82, 2.24) is 19.7 Å². The Balaban J connectivity index is 1.47. The number of ether oxygens (including phenoxy) is 1. The molecule has 0 aliphatic carbocycles. The van der Waals surface area contributed by atoms with Crippen LogP contribution in [0.5, 0.6) is 5.75 Å². The number of hydrogen-bond acceptors (Lipinski definition) is 6. The fourth-order valence-electron chi connectivity index (χ4n) is 4.96. The van der Waals surface area contributed by atoms with Crippen LogP contribution in [0.3, 0.4) is 0 Å². The number of furan rings is 1. The summed E-state index contributed by atoms with van der Waals surface area (Å²) in [6.45, 7) is 5.30. The van der Waals surface area contributed by atoms with Crippen LogP contribution < -0.4 is 9.64 Å². The Kier molecular flexibility index (Phi) is 7.73. The number of amides is 1. The average molecular weight is 502 g/mol. The fraction of sp³-hybridized carbons (Fsp3) is 0.414. The zero-order valence-electron chi connectivity index (χ0n) is 21.7. The number of fused-ring (bicyclic) bond motifs is 1. The van der Waals surface area contributed by atoms with E-state index in [9.17, 15) is 4.79 Å². The summed E-state index contributed by atoms with van der Waals surface area (Å²) in [7, 11) is 1.67. The second-order valence-corrected chi connectivity index (χ2v) is 9.73. The minimum atomic E-state index is 0.0567. The van der Waals surface area contributed by atoms with Crippen LogP contribution in [0.25, 0.3) is 10.9 Å². The van der Waals surface area contributed by atoms with Crippen molar-refractivity contribution in [2.45, 2.75) is 58.7 Å². The number of methoxy groups -OCH3 is 1. The van der Waals surface area contributed by atoms with Crippen molar-refractivity contribution in [2.24, 2.45) is 0 Å². The van der Waals surface area contributed by atoms with Gasteiger partial charge in [0, 0.05) is 55.8 Å². The van der Waals surface area contributed by atoms with Crippen LogP contribution in [0, 0.1) is 6.92 Å². The third kappa shape index (κ3) is 6.13. The van der Waals surface area contributed by atoms with Crippen molar-refractivity contribution in [1.29, 1.82) is 0 Å². The van der Waals surface area contributed by atoms with E-state index in [4.69, 9.17) is 14.1 Å². The maximum atomic E-state index is 13.5. The van der Waals surface area contributed by atoms with E-state index in [0.717, 1.165) is 65.4 Å². The van der Waals surface area contributed by atoms with Gasteiger partial charge in [0.1, 0.15) is 17.3 Å². The Labute approximate surface area is 217 Å². The highest BCUT2D eigenvalue weighted by atomic mass is 16.5. The monoisotopic (exact) mass is 501 g/mol. The molecule has 0 saturated carbocycles. The van der Waals surface area contributed by atoms with Crippen molar-refractivity contribution < 1.29 is 13.9 Å².